The molecule has 25 heavy (non-hydrogen) atoms. The summed E-state index contributed by atoms with van der Waals surface area (Å²) in [6.45, 7) is 4.70. The molecule has 1 amide bonds. The molecule has 4 fully saturated rings. The van der Waals surface area contributed by atoms with Gasteiger partial charge in [0.05, 0.1) is 12.5 Å². The Kier molecular flexibility index (Phi) is 3.82. The summed E-state index contributed by atoms with van der Waals surface area (Å²) >= 11 is 0. The molecule has 2 saturated heterocycles. The smallest absolute Gasteiger partial charge is 0.228 e. The van der Waals surface area contributed by atoms with Crippen molar-refractivity contribution in [3.8, 4) is 0 Å². The molecule has 0 bridgehead atoms. The van der Waals surface area contributed by atoms with Crippen LogP contribution in [0.4, 0.5) is 0 Å². The Morgan fingerprint density at radius 1 is 1.24 bits per heavy atom. The number of hydrogen-bond acceptors (Lipinski definition) is 4. The monoisotopic (exact) mass is 341 g/mol. The molecule has 5 rings (SSSR count). The van der Waals surface area contributed by atoms with Crippen LogP contribution in [0.15, 0.2) is 24.4 Å². The molecule has 1 aromatic heterocycles. The Bertz CT molecular complexity index is 638. The fraction of sp³-hybridized carbons (Fsp3) is 0.700. The lowest BCUT2D eigenvalue weighted by atomic mass is 9.46. The van der Waals surface area contributed by atoms with Crippen molar-refractivity contribution >= 4 is 5.91 Å². The minimum absolute atomic E-state index is 0.215. The van der Waals surface area contributed by atoms with Gasteiger partial charge in [0.2, 0.25) is 5.91 Å². The average Bonchev–Trinajstić information content (AvgIpc) is 3.00. The Hall–Kier alpha value is -1.46. The highest BCUT2D eigenvalue weighted by atomic mass is 16.5. The van der Waals surface area contributed by atoms with Crippen LogP contribution in [0.2, 0.25) is 0 Å². The zero-order chi connectivity index (χ0) is 16.9. The van der Waals surface area contributed by atoms with Crippen molar-refractivity contribution in [1.82, 2.24) is 14.8 Å². The van der Waals surface area contributed by atoms with Crippen molar-refractivity contribution in [2.45, 2.75) is 44.2 Å². The van der Waals surface area contributed by atoms with Gasteiger partial charge in [-0.3, -0.25) is 14.7 Å². The maximum atomic E-state index is 12.6. The van der Waals surface area contributed by atoms with Gasteiger partial charge in [0.1, 0.15) is 0 Å². The van der Waals surface area contributed by atoms with Crippen molar-refractivity contribution in [1.29, 1.82) is 0 Å². The predicted octanol–water partition coefficient (Wildman–Crippen LogP) is 1.73. The molecule has 5 heteroatoms. The van der Waals surface area contributed by atoms with E-state index in [9.17, 15) is 4.79 Å². The number of carbonyl (C=O) groups excluding carboxylic acids is 1. The Balaban J connectivity index is 1.20. The molecule has 2 aliphatic carbocycles. The van der Waals surface area contributed by atoms with Gasteiger partial charge in [-0.05, 0) is 31.4 Å². The zero-order valence-corrected chi connectivity index (χ0v) is 14.8. The van der Waals surface area contributed by atoms with Gasteiger partial charge in [-0.25, -0.2) is 0 Å². The highest BCUT2D eigenvalue weighted by Gasteiger charge is 2.67. The SMILES string of the molecule is O=C(Cc1ccccn1)N1CCN(C2C3CCOC3C23CCC3)CC1. The normalized spacial score (nSPS) is 33.6. The molecule has 1 aromatic rings. The number of rotatable bonds is 3. The molecule has 3 unspecified atom stereocenters. The average molecular weight is 341 g/mol. The lowest BCUT2D eigenvalue weighted by molar-refractivity contribution is -0.215. The highest BCUT2D eigenvalue weighted by Crippen LogP contribution is 2.64. The Morgan fingerprint density at radius 3 is 2.76 bits per heavy atom. The maximum absolute atomic E-state index is 12.6. The molecule has 0 N–H and O–H groups in total. The maximum Gasteiger partial charge on any atom is 0.228 e. The molecule has 4 aliphatic rings. The summed E-state index contributed by atoms with van der Waals surface area (Å²) in [5.41, 5.74) is 1.33. The van der Waals surface area contributed by atoms with Gasteiger partial charge in [-0.1, -0.05) is 12.5 Å². The minimum atomic E-state index is 0.215. The summed E-state index contributed by atoms with van der Waals surface area (Å²) in [5.74, 6) is 0.962. The second-order valence-electron chi connectivity index (χ2n) is 8.19. The molecular weight excluding hydrogens is 314 g/mol. The van der Waals surface area contributed by atoms with E-state index in [0.717, 1.165) is 44.4 Å². The van der Waals surface area contributed by atoms with Gasteiger partial charge in [-0.15, -0.1) is 0 Å². The quantitative estimate of drug-likeness (QED) is 0.840. The van der Waals surface area contributed by atoms with E-state index in [1.165, 1.54) is 25.7 Å². The van der Waals surface area contributed by atoms with Crippen LogP contribution in [0.1, 0.15) is 31.4 Å². The number of hydrogen-bond donors (Lipinski definition) is 0. The lowest BCUT2D eigenvalue weighted by Gasteiger charge is -2.66. The van der Waals surface area contributed by atoms with Gasteiger partial charge in [0.15, 0.2) is 0 Å². The second kappa shape index (κ2) is 6.06. The number of carbonyl (C=O) groups is 1. The fourth-order valence-electron chi connectivity index (χ4n) is 5.82. The molecule has 134 valence electrons. The first-order valence-corrected chi connectivity index (χ1v) is 9.81. The van der Waals surface area contributed by atoms with E-state index >= 15 is 0 Å². The number of fused-ring (bicyclic) bond motifs is 2. The first-order chi connectivity index (χ1) is 12.3. The van der Waals surface area contributed by atoms with E-state index in [4.69, 9.17) is 4.74 Å². The minimum Gasteiger partial charge on any atom is -0.377 e. The summed E-state index contributed by atoms with van der Waals surface area (Å²) in [6.07, 6.45) is 8.01. The third-order valence-corrected chi connectivity index (χ3v) is 7.10. The molecule has 0 aromatic carbocycles. The standard InChI is InChI=1S/C20H27N3O2/c24-17(14-15-4-1-2-8-21-15)22-9-11-23(12-10-22)18-16-5-13-25-19(16)20(18)6-3-7-20/h1-2,4,8,16,18-19H,3,5-7,9-14H2. The van der Waals surface area contributed by atoms with E-state index in [2.05, 4.69) is 9.88 Å². The van der Waals surface area contributed by atoms with E-state index in [1.54, 1.807) is 6.20 Å². The van der Waals surface area contributed by atoms with Gasteiger partial charge < -0.3 is 9.64 Å². The van der Waals surface area contributed by atoms with Crippen LogP contribution in [0.25, 0.3) is 0 Å². The van der Waals surface area contributed by atoms with E-state index < -0.39 is 0 Å². The van der Waals surface area contributed by atoms with Crippen LogP contribution < -0.4 is 0 Å². The molecule has 3 atom stereocenters. The summed E-state index contributed by atoms with van der Waals surface area (Å²) < 4.78 is 6.06. The third kappa shape index (κ3) is 2.43. The Morgan fingerprint density at radius 2 is 2.08 bits per heavy atom. The van der Waals surface area contributed by atoms with E-state index in [1.807, 2.05) is 23.1 Å². The van der Waals surface area contributed by atoms with E-state index in [0.29, 0.717) is 24.0 Å². The predicted molar refractivity (Wildman–Crippen MR) is 94.0 cm³/mol. The lowest BCUT2D eigenvalue weighted by Crippen LogP contribution is -2.73. The van der Waals surface area contributed by atoms with Gasteiger partial charge in [-0.2, -0.15) is 0 Å². The number of amides is 1. The van der Waals surface area contributed by atoms with Crippen molar-refractivity contribution < 1.29 is 9.53 Å². The largest absolute Gasteiger partial charge is 0.377 e. The molecule has 5 nitrogen and oxygen atoms in total. The molecule has 1 spiro atoms. The first kappa shape index (κ1) is 15.8. The van der Waals surface area contributed by atoms with Crippen molar-refractivity contribution in [2.75, 3.05) is 32.8 Å². The summed E-state index contributed by atoms with van der Waals surface area (Å²) in [7, 11) is 0. The molecule has 2 saturated carbocycles. The fourth-order valence-corrected chi connectivity index (χ4v) is 5.82. The van der Waals surface area contributed by atoms with Crippen LogP contribution in [-0.2, 0) is 16.0 Å². The summed E-state index contributed by atoms with van der Waals surface area (Å²) in [6, 6.07) is 6.48. The Labute approximate surface area is 149 Å². The first-order valence-electron chi connectivity index (χ1n) is 9.81. The molecule has 3 heterocycles. The zero-order valence-electron chi connectivity index (χ0n) is 14.8. The summed E-state index contributed by atoms with van der Waals surface area (Å²) in [4.78, 5) is 21.5. The van der Waals surface area contributed by atoms with Gasteiger partial charge in [0.25, 0.3) is 0 Å². The van der Waals surface area contributed by atoms with Crippen LogP contribution in [0.3, 0.4) is 0 Å². The number of ether oxygens (including phenoxy) is 1. The van der Waals surface area contributed by atoms with Crippen molar-refractivity contribution in [3.63, 3.8) is 0 Å². The van der Waals surface area contributed by atoms with Gasteiger partial charge in [0, 0.05) is 62.1 Å². The molecule has 0 radical (unpaired) electrons. The number of pyridine rings is 1. The van der Waals surface area contributed by atoms with Crippen LogP contribution in [0, 0.1) is 11.3 Å². The van der Waals surface area contributed by atoms with Crippen molar-refractivity contribution in [3.05, 3.63) is 30.1 Å². The third-order valence-electron chi connectivity index (χ3n) is 7.10. The second-order valence-corrected chi connectivity index (χ2v) is 8.19. The number of nitrogens with zero attached hydrogens (tertiary/aromatic N) is 3. The van der Waals surface area contributed by atoms with Crippen LogP contribution >= 0.6 is 0 Å². The molecular formula is C20H27N3O2. The number of aromatic nitrogens is 1. The highest BCUT2D eigenvalue weighted by molar-refractivity contribution is 5.78. The summed E-state index contributed by atoms with van der Waals surface area (Å²) in [5, 5.41) is 0. The van der Waals surface area contributed by atoms with Crippen LogP contribution in [-0.4, -0.2) is 65.6 Å². The van der Waals surface area contributed by atoms with Crippen LogP contribution in [0.5, 0.6) is 0 Å². The molecule has 2 aliphatic heterocycles. The van der Waals surface area contributed by atoms with Gasteiger partial charge >= 0.3 is 0 Å². The van der Waals surface area contributed by atoms with Crippen molar-refractivity contribution in [2.24, 2.45) is 11.3 Å². The topological polar surface area (TPSA) is 45.7 Å². The number of piperazine rings is 1. The van der Waals surface area contributed by atoms with E-state index in [-0.39, 0.29) is 5.91 Å².